The highest BCUT2D eigenvalue weighted by molar-refractivity contribution is 9.10. The summed E-state index contributed by atoms with van der Waals surface area (Å²) in [4.78, 5) is 4.43. The van der Waals surface area contributed by atoms with Crippen LogP contribution < -0.4 is 4.72 Å². The van der Waals surface area contributed by atoms with Gasteiger partial charge in [0.1, 0.15) is 4.60 Å². The van der Waals surface area contributed by atoms with E-state index in [9.17, 15) is 8.42 Å². The Balaban J connectivity index is 1.98. The van der Waals surface area contributed by atoms with Crippen LogP contribution in [0.5, 0.6) is 0 Å². The number of para-hydroxylation sites is 1. The van der Waals surface area contributed by atoms with Gasteiger partial charge in [0.25, 0.3) is 10.0 Å². The van der Waals surface area contributed by atoms with E-state index in [-0.39, 0.29) is 4.90 Å². The lowest BCUT2D eigenvalue weighted by atomic mass is 10.1. The summed E-state index contributed by atoms with van der Waals surface area (Å²) in [5.41, 5.74) is 3.13. The minimum atomic E-state index is -3.65. The minimum absolute atomic E-state index is 0.233. The lowest BCUT2D eigenvalue weighted by molar-refractivity contribution is 0.601. The third kappa shape index (κ3) is 3.66. The molecule has 0 aliphatic carbocycles. The van der Waals surface area contributed by atoms with Crippen molar-refractivity contribution in [1.82, 2.24) is 4.98 Å². The third-order valence-electron chi connectivity index (χ3n) is 3.54. The molecule has 3 rings (SSSR count). The van der Waals surface area contributed by atoms with Crippen LogP contribution in [-0.2, 0) is 10.0 Å². The summed E-state index contributed by atoms with van der Waals surface area (Å²) in [6.07, 6.45) is 1.70. The number of hydrogen-bond acceptors (Lipinski definition) is 3. The molecule has 3 aromatic rings. The van der Waals surface area contributed by atoms with Gasteiger partial charge in [-0.15, -0.1) is 0 Å². The predicted molar refractivity (Wildman–Crippen MR) is 99.4 cm³/mol. The van der Waals surface area contributed by atoms with Gasteiger partial charge in [-0.2, -0.15) is 0 Å². The van der Waals surface area contributed by atoms with Crippen molar-refractivity contribution >= 4 is 31.6 Å². The van der Waals surface area contributed by atoms with Gasteiger partial charge >= 0.3 is 0 Å². The Morgan fingerprint density at radius 1 is 0.958 bits per heavy atom. The molecule has 1 heterocycles. The first-order valence-corrected chi connectivity index (χ1v) is 9.54. The molecule has 0 aliphatic rings. The molecule has 0 aliphatic heterocycles. The molecule has 4 nitrogen and oxygen atoms in total. The number of aryl methyl sites for hydroxylation is 1. The molecule has 0 fully saturated rings. The largest absolute Gasteiger partial charge is 0.279 e. The SMILES string of the molecule is Cc1ccc(S(=O)(=O)Nc2ccccc2-c2ccc(Br)nc2)cc1. The number of rotatable bonds is 4. The first-order chi connectivity index (χ1) is 11.5. The summed E-state index contributed by atoms with van der Waals surface area (Å²) in [5.74, 6) is 0. The molecule has 0 spiro atoms. The fraction of sp³-hybridized carbons (Fsp3) is 0.0556. The summed E-state index contributed by atoms with van der Waals surface area (Å²) in [6, 6.07) is 17.7. The molecule has 0 atom stereocenters. The number of sulfonamides is 1. The fourth-order valence-corrected chi connectivity index (χ4v) is 3.59. The maximum atomic E-state index is 12.6. The highest BCUT2D eigenvalue weighted by atomic mass is 79.9. The van der Waals surface area contributed by atoms with Crippen LogP contribution in [0.3, 0.4) is 0 Å². The predicted octanol–water partition coefficient (Wildman–Crippen LogP) is 4.62. The van der Waals surface area contributed by atoms with Crippen molar-refractivity contribution < 1.29 is 8.42 Å². The number of hydrogen-bond donors (Lipinski definition) is 1. The van der Waals surface area contributed by atoms with Gasteiger partial charge in [0, 0.05) is 17.3 Å². The Bertz CT molecular complexity index is 953. The average Bonchev–Trinajstić information content (AvgIpc) is 2.56. The molecule has 1 aromatic heterocycles. The number of aromatic nitrogens is 1. The maximum Gasteiger partial charge on any atom is 0.261 e. The van der Waals surface area contributed by atoms with Crippen LogP contribution in [-0.4, -0.2) is 13.4 Å². The second-order valence-electron chi connectivity index (χ2n) is 5.33. The first kappa shape index (κ1) is 16.7. The molecule has 2 aromatic carbocycles. The van der Waals surface area contributed by atoms with Crippen molar-refractivity contribution in [2.45, 2.75) is 11.8 Å². The molecule has 0 saturated heterocycles. The molecular formula is C18H15BrN2O2S. The van der Waals surface area contributed by atoms with E-state index in [0.717, 1.165) is 21.3 Å². The summed E-state index contributed by atoms with van der Waals surface area (Å²) < 4.78 is 28.6. The molecular weight excluding hydrogens is 388 g/mol. The molecule has 6 heteroatoms. The van der Waals surface area contributed by atoms with Crippen molar-refractivity contribution in [1.29, 1.82) is 0 Å². The normalized spacial score (nSPS) is 11.2. The van der Waals surface area contributed by atoms with Gasteiger partial charge in [0.2, 0.25) is 0 Å². The van der Waals surface area contributed by atoms with Gasteiger partial charge in [-0.3, -0.25) is 4.72 Å². The number of pyridine rings is 1. The Labute approximate surface area is 149 Å². The molecule has 24 heavy (non-hydrogen) atoms. The lowest BCUT2D eigenvalue weighted by Crippen LogP contribution is -2.13. The van der Waals surface area contributed by atoms with Crippen LogP contribution in [0.2, 0.25) is 0 Å². The van der Waals surface area contributed by atoms with Gasteiger partial charge in [-0.1, -0.05) is 42.0 Å². The minimum Gasteiger partial charge on any atom is -0.279 e. The van der Waals surface area contributed by atoms with Crippen LogP contribution >= 0.6 is 15.9 Å². The highest BCUT2D eigenvalue weighted by Gasteiger charge is 2.16. The number of anilines is 1. The number of nitrogens with zero attached hydrogens (tertiary/aromatic N) is 1. The monoisotopic (exact) mass is 402 g/mol. The topological polar surface area (TPSA) is 59.1 Å². The van der Waals surface area contributed by atoms with Crippen LogP contribution in [0.15, 0.2) is 76.4 Å². The van der Waals surface area contributed by atoms with E-state index in [4.69, 9.17) is 0 Å². The van der Waals surface area contributed by atoms with E-state index < -0.39 is 10.0 Å². The van der Waals surface area contributed by atoms with Crippen molar-refractivity contribution in [2.24, 2.45) is 0 Å². The third-order valence-corrected chi connectivity index (χ3v) is 5.39. The van der Waals surface area contributed by atoms with E-state index in [1.807, 2.05) is 31.2 Å². The van der Waals surface area contributed by atoms with Crippen LogP contribution in [0.4, 0.5) is 5.69 Å². The number of benzene rings is 2. The van der Waals surface area contributed by atoms with E-state index in [1.165, 1.54) is 0 Å². The summed E-state index contributed by atoms with van der Waals surface area (Å²) in [6.45, 7) is 1.92. The summed E-state index contributed by atoms with van der Waals surface area (Å²) >= 11 is 3.30. The number of nitrogens with one attached hydrogen (secondary N) is 1. The summed E-state index contributed by atoms with van der Waals surface area (Å²) in [7, 11) is -3.65. The quantitative estimate of drug-likeness (QED) is 0.647. The van der Waals surface area contributed by atoms with E-state index >= 15 is 0 Å². The molecule has 0 saturated carbocycles. The Morgan fingerprint density at radius 3 is 2.33 bits per heavy atom. The second kappa shape index (κ2) is 6.75. The fourth-order valence-electron chi connectivity index (χ4n) is 2.28. The van der Waals surface area contributed by atoms with Crippen molar-refractivity contribution in [3.8, 4) is 11.1 Å². The van der Waals surface area contributed by atoms with E-state index in [1.54, 1.807) is 42.6 Å². The summed E-state index contributed by atoms with van der Waals surface area (Å²) in [5, 5.41) is 0. The van der Waals surface area contributed by atoms with Gasteiger partial charge in [0.05, 0.1) is 10.6 Å². The molecule has 0 bridgehead atoms. The first-order valence-electron chi connectivity index (χ1n) is 7.26. The van der Waals surface area contributed by atoms with E-state index in [2.05, 4.69) is 25.6 Å². The molecule has 0 unspecified atom stereocenters. The Hall–Kier alpha value is -2.18. The molecule has 122 valence electrons. The zero-order valence-corrected chi connectivity index (χ0v) is 15.3. The second-order valence-corrected chi connectivity index (χ2v) is 7.83. The van der Waals surface area contributed by atoms with Gasteiger partial charge in [-0.25, -0.2) is 13.4 Å². The maximum absolute atomic E-state index is 12.6. The average molecular weight is 403 g/mol. The van der Waals surface area contributed by atoms with Gasteiger partial charge in [-0.05, 0) is 47.1 Å². The van der Waals surface area contributed by atoms with Crippen LogP contribution in [0.1, 0.15) is 5.56 Å². The standard InChI is InChI=1S/C18H15BrN2O2S/c1-13-6-9-15(10-7-13)24(22,23)21-17-5-3-2-4-16(17)14-8-11-18(19)20-12-14/h2-12,21H,1H3. The molecule has 0 radical (unpaired) electrons. The Kier molecular flexibility index (Phi) is 4.69. The Morgan fingerprint density at radius 2 is 1.67 bits per heavy atom. The van der Waals surface area contributed by atoms with E-state index in [0.29, 0.717) is 5.69 Å². The van der Waals surface area contributed by atoms with Crippen LogP contribution in [0, 0.1) is 6.92 Å². The van der Waals surface area contributed by atoms with Crippen LogP contribution in [0.25, 0.3) is 11.1 Å². The molecule has 1 N–H and O–H groups in total. The van der Waals surface area contributed by atoms with Crippen molar-refractivity contribution in [3.05, 3.63) is 77.0 Å². The van der Waals surface area contributed by atoms with Crippen molar-refractivity contribution in [2.75, 3.05) is 4.72 Å². The zero-order chi connectivity index (χ0) is 17.2. The zero-order valence-electron chi connectivity index (χ0n) is 12.9. The lowest BCUT2D eigenvalue weighted by Gasteiger charge is -2.13. The highest BCUT2D eigenvalue weighted by Crippen LogP contribution is 2.29. The molecule has 0 amide bonds. The van der Waals surface area contributed by atoms with Gasteiger partial charge < -0.3 is 0 Å². The smallest absolute Gasteiger partial charge is 0.261 e. The van der Waals surface area contributed by atoms with Gasteiger partial charge in [0.15, 0.2) is 0 Å². The van der Waals surface area contributed by atoms with Crippen molar-refractivity contribution in [3.63, 3.8) is 0 Å². The number of halogens is 1.